The molecule has 0 radical (unpaired) electrons. The monoisotopic (exact) mass is 480 g/mol. The molecule has 1 amide bonds. The second-order valence-corrected chi connectivity index (χ2v) is 8.95. The first kappa shape index (κ1) is 23.4. The van der Waals surface area contributed by atoms with Crippen LogP contribution >= 0.6 is 11.3 Å². The van der Waals surface area contributed by atoms with E-state index in [0.29, 0.717) is 10.9 Å². The summed E-state index contributed by atoms with van der Waals surface area (Å²) in [5, 5.41) is 1.10. The molecule has 0 aliphatic carbocycles. The molecule has 0 bridgehead atoms. The number of esters is 1. The zero-order valence-electron chi connectivity index (χ0n) is 19.1. The van der Waals surface area contributed by atoms with E-state index in [1.165, 1.54) is 27.7 Å². The van der Waals surface area contributed by atoms with Crippen LogP contribution < -0.4 is 11.2 Å². The molecule has 34 heavy (non-hydrogen) atoms. The molecule has 0 saturated heterocycles. The zero-order chi connectivity index (χ0) is 24.4. The second kappa shape index (κ2) is 9.60. The minimum Gasteiger partial charge on any atom is -0.451 e. The van der Waals surface area contributed by atoms with Gasteiger partial charge in [0.1, 0.15) is 11.6 Å². The largest absolute Gasteiger partial charge is 0.451 e. The lowest BCUT2D eigenvalue weighted by atomic mass is 10.2. The Labute approximate surface area is 198 Å². The number of ether oxygens (including phenoxy) is 1. The summed E-state index contributed by atoms with van der Waals surface area (Å²) in [5.74, 6) is -1.13. The Morgan fingerprint density at radius 1 is 1.09 bits per heavy atom. The van der Waals surface area contributed by atoms with E-state index < -0.39 is 29.9 Å². The van der Waals surface area contributed by atoms with Crippen molar-refractivity contribution in [3.8, 4) is 0 Å². The minimum atomic E-state index is -1.05. The first-order valence-corrected chi connectivity index (χ1v) is 11.6. The highest BCUT2D eigenvalue weighted by Crippen LogP contribution is 2.22. The maximum atomic E-state index is 12.8. The van der Waals surface area contributed by atoms with Crippen molar-refractivity contribution in [2.45, 2.75) is 39.6 Å². The van der Waals surface area contributed by atoms with Crippen LogP contribution in [-0.2, 0) is 34.0 Å². The van der Waals surface area contributed by atoms with Gasteiger partial charge < -0.3 is 9.64 Å². The van der Waals surface area contributed by atoms with E-state index in [1.54, 1.807) is 38.2 Å². The third-order valence-corrected chi connectivity index (χ3v) is 6.50. The van der Waals surface area contributed by atoms with Crippen LogP contribution in [0.5, 0.6) is 0 Å². The first-order valence-electron chi connectivity index (χ1n) is 10.8. The van der Waals surface area contributed by atoms with Crippen molar-refractivity contribution in [2.75, 3.05) is 7.05 Å². The second-order valence-electron chi connectivity index (χ2n) is 7.84. The highest BCUT2D eigenvalue weighted by atomic mass is 32.1. The summed E-state index contributed by atoms with van der Waals surface area (Å²) in [7, 11) is 1.62. The van der Waals surface area contributed by atoms with Crippen LogP contribution in [0.25, 0.3) is 21.1 Å². The molecule has 2 aromatic carbocycles. The number of fused-ring (bicyclic) bond motifs is 2. The number of aromatic nitrogens is 3. The average molecular weight is 481 g/mol. The molecule has 10 heteroatoms. The van der Waals surface area contributed by atoms with Crippen molar-refractivity contribution < 1.29 is 14.3 Å². The summed E-state index contributed by atoms with van der Waals surface area (Å²) in [6, 6.07) is 14.3. The lowest BCUT2D eigenvalue weighted by Crippen LogP contribution is -2.42. The standard InChI is InChI=1S/C24H24N4O5S/c1-4-27-23(31)16-9-5-7-11-18(16)28(24(27)32)14-21(29)33-15(2)22(30)26(3)13-20-25-17-10-6-8-12-19(17)34-20/h5-12,15H,4,13-14H2,1-3H3. The van der Waals surface area contributed by atoms with Crippen LogP contribution in [0.2, 0.25) is 0 Å². The number of carbonyl (C=O) groups is 2. The van der Waals surface area contributed by atoms with Gasteiger partial charge in [0.15, 0.2) is 6.10 Å². The molecule has 0 spiro atoms. The van der Waals surface area contributed by atoms with Gasteiger partial charge in [-0.15, -0.1) is 11.3 Å². The van der Waals surface area contributed by atoms with Crippen molar-refractivity contribution in [3.05, 3.63) is 74.4 Å². The molecular weight excluding hydrogens is 456 g/mol. The predicted molar refractivity (Wildman–Crippen MR) is 130 cm³/mol. The lowest BCUT2D eigenvalue weighted by molar-refractivity contribution is -0.159. The number of hydrogen-bond donors (Lipinski definition) is 0. The number of nitrogens with zero attached hydrogens (tertiary/aromatic N) is 4. The SMILES string of the molecule is CCn1c(=O)c2ccccc2n(CC(=O)OC(C)C(=O)N(C)Cc2nc3ccccc3s2)c1=O. The molecular formula is C24H24N4O5S. The van der Waals surface area contributed by atoms with Gasteiger partial charge in [0, 0.05) is 13.6 Å². The smallest absolute Gasteiger partial charge is 0.332 e. The molecule has 2 aromatic heterocycles. The maximum Gasteiger partial charge on any atom is 0.332 e. The van der Waals surface area contributed by atoms with Crippen molar-refractivity contribution in [2.24, 2.45) is 0 Å². The van der Waals surface area contributed by atoms with Gasteiger partial charge in [0.25, 0.3) is 11.5 Å². The number of thiazole rings is 1. The molecule has 0 aliphatic heterocycles. The quantitative estimate of drug-likeness (QED) is 0.376. The molecule has 1 unspecified atom stereocenters. The number of hydrogen-bond acceptors (Lipinski definition) is 7. The fourth-order valence-corrected chi connectivity index (χ4v) is 4.82. The fourth-order valence-electron chi connectivity index (χ4n) is 3.80. The Morgan fingerprint density at radius 2 is 1.79 bits per heavy atom. The number of benzene rings is 2. The van der Waals surface area contributed by atoms with Gasteiger partial charge in [0.05, 0.1) is 27.7 Å². The van der Waals surface area contributed by atoms with Crippen molar-refractivity contribution in [3.63, 3.8) is 0 Å². The predicted octanol–water partition coefficient (Wildman–Crippen LogP) is 2.38. The van der Waals surface area contributed by atoms with Crippen LogP contribution in [0, 0.1) is 0 Å². The van der Waals surface area contributed by atoms with Crippen molar-refractivity contribution >= 4 is 44.3 Å². The summed E-state index contributed by atoms with van der Waals surface area (Å²) in [6.45, 7) is 3.21. The van der Waals surface area contributed by atoms with Gasteiger partial charge in [0.2, 0.25) is 0 Å². The summed E-state index contributed by atoms with van der Waals surface area (Å²) in [4.78, 5) is 56.8. The molecule has 2 heterocycles. The van der Waals surface area contributed by atoms with E-state index >= 15 is 0 Å². The molecule has 4 aromatic rings. The molecule has 0 N–H and O–H groups in total. The third-order valence-electron chi connectivity index (χ3n) is 5.48. The normalized spacial score (nSPS) is 12.1. The minimum absolute atomic E-state index is 0.170. The first-order chi connectivity index (χ1) is 16.3. The summed E-state index contributed by atoms with van der Waals surface area (Å²) >= 11 is 1.50. The van der Waals surface area contributed by atoms with Gasteiger partial charge in [-0.3, -0.25) is 23.5 Å². The van der Waals surface area contributed by atoms with Crippen LogP contribution in [-0.4, -0.2) is 44.0 Å². The summed E-state index contributed by atoms with van der Waals surface area (Å²) in [6.07, 6.45) is -1.05. The maximum absolute atomic E-state index is 12.8. The van der Waals surface area contributed by atoms with Crippen LogP contribution in [0.3, 0.4) is 0 Å². The average Bonchev–Trinajstić information content (AvgIpc) is 3.23. The topological polar surface area (TPSA) is 104 Å². The van der Waals surface area contributed by atoms with Crippen LogP contribution in [0.1, 0.15) is 18.9 Å². The van der Waals surface area contributed by atoms with Crippen LogP contribution in [0.15, 0.2) is 58.1 Å². The van der Waals surface area contributed by atoms with E-state index in [9.17, 15) is 19.2 Å². The zero-order valence-corrected chi connectivity index (χ0v) is 19.9. The molecule has 4 rings (SSSR count). The van der Waals surface area contributed by atoms with E-state index in [2.05, 4.69) is 4.98 Å². The van der Waals surface area contributed by atoms with Gasteiger partial charge in [-0.2, -0.15) is 0 Å². The highest BCUT2D eigenvalue weighted by Gasteiger charge is 2.23. The Hall–Kier alpha value is -3.79. The number of amides is 1. The van der Waals surface area contributed by atoms with Crippen molar-refractivity contribution in [1.82, 2.24) is 19.0 Å². The van der Waals surface area contributed by atoms with Gasteiger partial charge in [-0.05, 0) is 38.1 Å². The molecule has 9 nitrogen and oxygen atoms in total. The van der Waals surface area contributed by atoms with E-state index in [1.807, 2.05) is 24.3 Å². The van der Waals surface area contributed by atoms with E-state index in [0.717, 1.165) is 19.8 Å². The van der Waals surface area contributed by atoms with Gasteiger partial charge in [-0.1, -0.05) is 24.3 Å². The van der Waals surface area contributed by atoms with E-state index in [-0.39, 0.29) is 19.0 Å². The number of carbonyl (C=O) groups excluding carboxylic acids is 2. The Morgan fingerprint density at radius 3 is 2.53 bits per heavy atom. The third kappa shape index (κ3) is 4.49. The molecule has 0 saturated carbocycles. The van der Waals surface area contributed by atoms with Gasteiger partial charge in [-0.25, -0.2) is 9.78 Å². The number of likely N-dealkylation sites (N-methyl/N-ethyl adjacent to an activating group) is 1. The summed E-state index contributed by atoms with van der Waals surface area (Å²) < 4.78 is 8.64. The molecule has 1 atom stereocenters. The number of rotatable bonds is 7. The van der Waals surface area contributed by atoms with Gasteiger partial charge >= 0.3 is 11.7 Å². The summed E-state index contributed by atoms with van der Waals surface area (Å²) in [5.41, 5.74) is 0.197. The van der Waals surface area contributed by atoms with Crippen molar-refractivity contribution in [1.29, 1.82) is 0 Å². The fraction of sp³-hybridized carbons (Fsp3) is 0.292. The Balaban J connectivity index is 1.47. The molecule has 0 aliphatic rings. The lowest BCUT2D eigenvalue weighted by Gasteiger charge is -2.21. The van der Waals surface area contributed by atoms with E-state index in [4.69, 9.17) is 4.74 Å². The van der Waals surface area contributed by atoms with Crippen LogP contribution in [0.4, 0.5) is 0 Å². The highest BCUT2D eigenvalue weighted by molar-refractivity contribution is 7.18. The Bertz CT molecular complexity index is 1470. The Kier molecular flexibility index (Phi) is 6.60. The number of para-hydroxylation sites is 2. The molecule has 0 fully saturated rings. The molecule has 176 valence electrons.